The van der Waals surface area contributed by atoms with Gasteiger partial charge in [-0.15, -0.1) is 0 Å². The maximum atomic E-state index is 12.4. The summed E-state index contributed by atoms with van der Waals surface area (Å²) >= 11 is 0. The van der Waals surface area contributed by atoms with E-state index in [1.165, 1.54) is 6.20 Å². The summed E-state index contributed by atoms with van der Waals surface area (Å²) in [6.45, 7) is 1.77. The van der Waals surface area contributed by atoms with Crippen LogP contribution in [0, 0.1) is 6.92 Å². The van der Waals surface area contributed by atoms with Crippen LogP contribution in [0.2, 0.25) is 0 Å². The van der Waals surface area contributed by atoms with Crippen molar-refractivity contribution < 1.29 is 27.9 Å². The number of carbonyl (C=O) groups excluding carboxylic acids is 1. The van der Waals surface area contributed by atoms with Gasteiger partial charge >= 0.3 is 12.1 Å². The number of carbonyl (C=O) groups is 2. The number of amides is 1. The second-order valence-corrected chi connectivity index (χ2v) is 5.09. The van der Waals surface area contributed by atoms with E-state index in [-0.39, 0.29) is 5.65 Å². The number of carboxylic acid groups (broad SMARTS) is 1. The molecule has 0 aliphatic carbocycles. The minimum atomic E-state index is -4.79. The van der Waals surface area contributed by atoms with Crippen LogP contribution in [0.5, 0.6) is 0 Å². The molecule has 0 aromatic carbocycles. The fourth-order valence-electron chi connectivity index (χ4n) is 2.00. The van der Waals surface area contributed by atoms with Gasteiger partial charge in [0.2, 0.25) is 0 Å². The van der Waals surface area contributed by atoms with Crippen molar-refractivity contribution in [3.63, 3.8) is 0 Å². The quantitative estimate of drug-likeness (QED) is 0.867. The highest BCUT2D eigenvalue weighted by atomic mass is 19.4. The van der Waals surface area contributed by atoms with E-state index in [1.807, 2.05) is 0 Å². The SMILES string of the molecule is Cc1ccn2c(=O)c(C(=O)NC(CC(F)(F)F)C(=O)O)cnc2c1. The summed E-state index contributed by atoms with van der Waals surface area (Å²) in [5, 5.41) is 10.5. The number of hydrogen-bond acceptors (Lipinski definition) is 4. The van der Waals surface area contributed by atoms with Gasteiger partial charge in [0, 0.05) is 12.4 Å². The molecule has 0 fully saturated rings. The van der Waals surface area contributed by atoms with Crippen molar-refractivity contribution in [3.05, 3.63) is 46.0 Å². The highest BCUT2D eigenvalue weighted by Gasteiger charge is 2.36. The lowest BCUT2D eigenvalue weighted by Crippen LogP contribution is -2.45. The molecule has 128 valence electrons. The Morgan fingerprint density at radius 2 is 2.08 bits per heavy atom. The monoisotopic (exact) mass is 343 g/mol. The normalized spacial score (nSPS) is 12.8. The van der Waals surface area contributed by atoms with E-state index in [0.717, 1.165) is 16.2 Å². The Kier molecular flexibility index (Phi) is 4.58. The topological polar surface area (TPSA) is 101 Å². The zero-order valence-corrected chi connectivity index (χ0v) is 12.3. The van der Waals surface area contributed by atoms with E-state index in [2.05, 4.69) is 4.98 Å². The molecule has 2 N–H and O–H groups in total. The molecule has 10 heteroatoms. The van der Waals surface area contributed by atoms with Crippen molar-refractivity contribution in [1.29, 1.82) is 0 Å². The first-order valence-corrected chi connectivity index (χ1v) is 6.67. The molecule has 0 aliphatic heterocycles. The Balaban J connectivity index is 2.34. The maximum Gasteiger partial charge on any atom is 0.391 e. The molecule has 0 saturated heterocycles. The Morgan fingerprint density at radius 1 is 1.42 bits per heavy atom. The third-order valence-corrected chi connectivity index (χ3v) is 3.15. The molecular weight excluding hydrogens is 331 g/mol. The van der Waals surface area contributed by atoms with Gasteiger partial charge in [0.05, 0.1) is 6.42 Å². The van der Waals surface area contributed by atoms with Gasteiger partial charge in [0.1, 0.15) is 17.3 Å². The van der Waals surface area contributed by atoms with Crippen molar-refractivity contribution in [2.24, 2.45) is 0 Å². The van der Waals surface area contributed by atoms with Gasteiger partial charge in [-0.25, -0.2) is 9.78 Å². The van der Waals surface area contributed by atoms with Gasteiger partial charge < -0.3 is 10.4 Å². The minimum absolute atomic E-state index is 0.252. The predicted molar refractivity (Wildman–Crippen MR) is 75.8 cm³/mol. The first kappa shape index (κ1) is 17.4. The molecule has 2 aromatic rings. The number of nitrogens with zero attached hydrogens (tertiary/aromatic N) is 2. The lowest BCUT2D eigenvalue weighted by atomic mass is 10.2. The number of aliphatic carboxylic acids is 1. The number of pyridine rings is 1. The number of carboxylic acids is 1. The van der Waals surface area contributed by atoms with Crippen LogP contribution in [-0.2, 0) is 4.79 Å². The number of rotatable bonds is 4. The standard InChI is InChI=1S/C14H12F3N3O4/c1-7-2-3-20-10(4-7)18-6-8(12(20)22)11(21)19-9(13(23)24)5-14(15,16)17/h2-4,6,9H,5H2,1H3,(H,19,21)(H,23,24). The van der Waals surface area contributed by atoms with Gasteiger partial charge in [-0.05, 0) is 24.6 Å². The average Bonchev–Trinajstić information content (AvgIpc) is 2.45. The van der Waals surface area contributed by atoms with Crippen LogP contribution in [0.15, 0.2) is 29.3 Å². The van der Waals surface area contributed by atoms with E-state index in [0.29, 0.717) is 0 Å². The lowest BCUT2D eigenvalue weighted by Gasteiger charge is -2.16. The number of halogens is 3. The summed E-state index contributed by atoms with van der Waals surface area (Å²) in [6, 6.07) is 0.962. The third-order valence-electron chi connectivity index (χ3n) is 3.15. The molecule has 2 aromatic heterocycles. The Morgan fingerprint density at radius 3 is 2.67 bits per heavy atom. The molecule has 0 bridgehead atoms. The molecule has 7 nitrogen and oxygen atoms in total. The highest BCUT2D eigenvalue weighted by Crippen LogP contribution is 2.21. The van der Waals surface area contributed by atoms with Crippen LogP contribution in [0.4, 0.5) is 13.2 Å². The number of fused-ring (bicyclic) bond motifs is 1. The van der Waals surface area contributed by atoms with Crippen molar-refractivity contribution in [2.75, 3.05) is 0 Å². The minimum Gasteiger partial charge on any atom is -0.480 e. The van der Waals surface area contributed by atoms with E-state index in [4.69, 9.17) is 5.11 Å². The van der Waals surface area contributed by atoms with Crippen molar-refractivity contribution in [1.82, 2.24) is 14.7 Å². The van der Waals surface area contributed by atoms with E-state index >= 15 is 0 Å². The molecule has 0 saturated carbocycles. The third kappa shape index (κ3) is 3.89. The highest BCUT2D eigenvalue weighted by molar-refractivity contribution is 5.96. The molecule has 1 amide bonds. The van der Waals surface area contributed by atoms with E-state index in [9.17, 15) is 27.6 Å². The predicted octanol–water partition coefficient (Wildman–Crippen LogP) is 1.14. The number of hydrogen-bond donors (Lipinski definition) is 2. The summed E-state index contributed by atoms with van der Waals surface area (Å²) < 4.78 is 38.1. The van der Waals surface area contributed by atoms with Crippen LogP contribution in [0.25, 0.3) is 5.65 Å². The van der Waals surface area contributed by atoms with Crippen LogP contribution < -0.4 is 10.9 Å². The Bertz CT molecular complexity index is 860. The lowest BCUT2D eigenvalue weighted by molar-refractivity contribution is -0.157. The fraction of sp³-hybridized carbons (Fsp3) is 0.286. The molecule has 0 radical (unpaired) electrons. The largest absolute Gasteiger partial charge is 0.480 e. The Labute approximate surface area is 132 Å². The van der Waals surface area contributed by atoms with Gasteiger partial charge in [-0.3, -0.25) is 14.0 Å². The fourth-order valence-corrected chi connectivity index (χ4v) is 2.00. The van der Waals surface area contributed by atoms with Crippen LogP contribution >= 0.6 is 0 Å². The van der Waals surface area contributed by atoms with Crippen molar-refractivity contribution in [3.8, 4) is 0 Å². The zero-order valence-electron chi connectivity index (χ0n) is 12.3. The summed E-state index contributed by atoms with van der Waals surface area (Å²) in [5.41, 5.74) is -0.296. The first-order chi connectivity index (χ1) is 11.1. The summed E-state index contributed by atoms with van der Waals surface area (Å²) in [5.74, 6) is -3.09. The van der Waals surface area contributed by atoms with Crippen molar-refractivity contribution in [2.45, 2.75) is 25.6 Å². The number of nitrogens with one attached hydrogen (secondary N) is 1. The number of alkyl halides is 3. The molecule has 1 unspecified atom stereocenters. The van der Waals surface area contributed by atoms with Gasteiger partial charge in [-0.1, -0.05) is 0 Å². The second-order valence-electron chi connectivity index (χ2n) is 5.09. The summed E-state index contributed by atoms with van der Waals surface area (Å²) in [4.78, 5) is 38.9. The van der Waals surface area contributed by atoms with E-state index < -0.39 is 41.6 Å². The number of aryl methyl sites for hydroxylation is 1. The van der Waals surface area contributed by atoms with E-state index in [1.54, 1.807) is 24.4 Å². The first-order valence-electron chi connectivity index (χ1n) is 6.67. The summed E-state index contributed by atoms with van der Waals surface area (Å²) in [6.07, 6.45) is -4.28. The molecule has 2 rings (SSSR count). The second kappa shape index (κ2) is 6.30. The van der Waals surface area contributed by atoms with Gasteiger partial charge in [0.25, 0.3) is 11.5 Å². The molecule has 24 heavy (non-hydrogen) atoms. The Hall–Kier alpha value is -2.91. The van der Waals surface area contributed by atoms with Crippen LogP contribution in [0.1, 0.15) is 22.3 Å². The molecular formula is C14H12F3N3O4. The van der Waals surface area contributed by atoms with Crippen LogP contribution in [0.3, 0.4) is 0 Å². The smallest absolute Gasteiger partial charge is 0.391 e. The van der Waals surface area contributed by atoms with Crippen LogP contribution in [-0.4, -0.2) is 38.6 Å². The van der Waals surface area contributed by atoms with Gasteiger partial charge in [-0.2, -0.15) is 13.2 Å². The molecule has 1 atom stereocenters. The zero-order chi connectivity index (χ0) is 18.1. The summed E-state index contributed by atoms with van der Waals surface area (Å²) in [7, 11) is 0. The molecule has 0 aliphatic rings. The maximum absolute atomic E-state index is 12.4. The van der Waals surface area contributed by atoms with Gasteiger partial charge in [0.15, 0.2) is 0 Å². The molecule has 0 spiro atoms. The molecule has 2 heterocycles. The average molecular weight is 343 g/mol. The number of aromatic nitrogens is 2. The van der Waals surface area contributed by atoms with Crippen molar-refractivity contribution >= 4 is 17.5 Å².